The number of carbonyl (C=O) groups is 2. The van der Waals surface area contributed by atoms with Gasteiger partial charge in [-0.2, -0.15) is 0 Å². The molecular weight excluding hydrogens is 352 g/mol. The third-order valence-electron chi connectivity index (χ3n) is 4.35. The van der Waals surface area contributed by atoms with Gasteiger partial charge in [-0.15, -0.1) is 0 Å². The molecule has 1 amide bonds. The van der Waals surface area contributed by atoms with E-state index >= 15 is 0 Å². The zero-order valence-electron chi connectivity index (χ0n) is 15.7. The van der Waals surface area contributed by atoms with Crippen LogP contribution in [0.25, 0.3) is 0 Å². The maximum absolute atomic E-state index is 12.5. The standard InChI is InChI=1S/C23H22N2O3/c1-2-21(26)17-8-10-20(11-9-17)28-16-22(27)25-23(18-6-4-3-5-7-18)19-12-14-24-15-13-19/h3-15,23H,2,16H2,1H3,(H,25,27). The summed E-state index contributed by atoms with van der Waals surface area (Å²) in [6.07, 6.45) is 3.86. The van der Waals surface area contributed by atoms with Crippen molar-refractivity contribution in [1.29, 1.82) is 0 Å². The maximum Gasteiger partial charge on any atom is 0.258 e. The van der Waals surface area contributed by atoms with Gasteiger partial charge in [0.15, 0.2) is 12.4 Å². The smallest absolute Gasteiger partial charge is 0.258 e. The molecule has 0 aliphatic rings. The van der Waals surface area contributed by atoms with E-state index in [1.54, 1.807) is 36.7 Å². The third-order valence-corrected chi connectivity index (χ3v) is 4.35. The number of hydrogen-bond donors (Lipinski definition) is 1. The summed E-state index contributed by atoms with van der Waals surface area (Å²) in [7, 11) is 0. The van der Waals surface area contributed by atoms with Gasteiger partial charge in [0.1, 0.15) is 5.75 Å². The van der Waals surface area contributed by atoms with Crippen molar-refractivity contribution in [3.05, 3.63) is 95.8 Å². The molecular formula is C23H22N2O3. The van der Waals surface area contributed by atoms with Crippen molar-refractivity contribution in [2.24, 2.45) is 0 Å². The van der Waals surface area contributed by atoms with Crippen LogP contribution in [0.5, 0.6) is 5.75 Å². The van der Waals surface area contributed by atoms with E-state index in [4.69, 9.17) is 4.74 Å². The molecule has 1 unspecified atom stereocenters. The maximum atomic E-state index is 12.5. The Morgan fingerprint density at radius 1 is 0.929 bits per heavy atom. The van der Waals surface area contributed by atoms with Crippen LogP contribution >= 0.6 is 0 Å². The molecule has 1 N–H and O–H groups in total. The Morgan fingerprint density at radius 3 is 2.21 bits per heavy atom. The first-order chi connectivity index (χ1) is 13.7. The van der Waals surface area contributed by atoms with Gasteiger partial charge in [-0.1, -0.05) is 37.3 Å². The Balaban J connectivity index is 1.65. The average molecular weight is 374 g/mol. The highest BCUT2D eigenvalue weighted by Crippen LogP contribution is 2.21. The molecule has 0 bridgehead atoms. The fraction of sp³-hybridized carbons (Fsp3) is 0.174. The highest BCUT2D eigenvalue weighted by Gasteiger charge is 2.17. The van der Waals surface area contributed by atoms with Crippen molar-refractivity contribution in [2.75, 3.05) is 6.61 Å². The number of nitrogens with zero attached hydrogens (tertiary/aromatic N) is 1. The fourth-order valence-electron chi connectivity index (χ4n) is 2.85. The number of carbonyl (C=O) groups excluding carboxylic acids is 2. The number of hydrogen-bond acceptors (Lipinski definition) is 4. The van der Waals surface area contributed by atoms with Crippen molar-refractivity contribution in [1.82, 2.24) is 10.3 Å². The first kappa shape index (κ1) is 19.3. The van der Waals surface area contributed by atoms with Crippen LogP contribution in [0.4, 0.5) is 0 Å². The van der Waals surface area contributed by atoms with Crippen LogP contribution in [-0.4, -0.2) is 23.3 Å². The van der Waals surface area contributed by atoms with E-state index in [0.717, 1.165) is 11.1 Å². The van der Waals surface area contributed by atoms with Crippen LogP contribution in [0.15, 0.2) is 79.1 Å². The van der Waals surface area contributed by atoms with Crippen molar-refractivity contribution in [2.45, 2.75) is 19.4 Å². The Labute approximate surface area is 164 Å². The fourth-order valence-corrected chi connectivity index (χ4v) is 2.85. The number of benzene rings is 2. The summed E-state index contributed by atoms with van der Waals surface area (Å²) in [6, 6.07) is 20.0. The summed E-state index contributed by atoms with van der Waals surface area (Å²) in [6.45, 7) is 1.71. The molecule has 28 heavy (non-hydrogen) atoms. The van der Waals surface area contributed by atoms with E-state index in [1.807, 2.05) is 49.4 Å². The number of ether oxygens (including phenoxy) is 1. The van der Waals surface area contributed by atoms with E-state index in [9.17, 15) is 9.59 Å². The molecule has 0 saturated heterocycles. The number of aromatic nitrogens is 1. The lowest BCUT2D eigenvalue weighted by molar-refractivity contribution is -0.123. The van der Waals surface area contributed by atoms with Crippen LogP contribution in [0.3, 0.4) is 0 Å². The summed E-state index contributed by atoms with van der Waals surface area (Å²) in [5.41, 5.74) is 2.56. The first-order valence-corrected chi connectivity index (χ1v) is 9.17. The van der Waals surface area contributed by atoms with E-state index < -0.39 is 0 Å². The number of Topliss-reactive ketones (excluding diaryl/α,β-unsaturated/α-hetero) is 1. The molecule has 2 aromatic carbocycles. The Bertz CT molecular complexity index is 870. The summed E-state index contributed by atoms with van der Waals surface area (Å²) in [5, 5.41) is 3.01. The van der Waals surface area contributed by atoms with Gasteiger partial charge in [-0.3, -0.25) is 14.6 Å². The highest BCUT2D eigenvalue weighted by molar-refractivity contribution is 5.95. The van der Waals surface area contributed by atoms with Crippen LogP contribution < -0.4 is 10.1 Å². The largest absolute Gasteiger partial charge is 0.484 e. The van der Waals surface area contributed by atoms with Crippen LogP contribution in [0.1, 0.15) is 40.9 Å². The lowest BCUT2D eigenvalue weighted by Gasteiger charge is -2.20. The third kappa shape index (κ3) is 5.04. The summed E-state index contributed by atoms with van der Waals surface area (Å²) in [5.74, 6) is 0.384. The highest BCUT2D eigenvalue weighted by atomic mass is 16.5. The molecule has 1 heterocycles. The lowest BCUT2D eigenvalue weighted by atomic mass is 10.00. The number of rotatable bonds is 8. The number of amides is 1. The summed E-state index contributed by atoms with van der Waals surface area (Å²) < 4.78 is 5.57. The Morgan fingerprint density at radius 2 is 1.57 bits per heavy atom. The van der Waals surface area contributed by atoms with Crippen molar-refractivity contribution in [3.63, 3.8) is 0 Å². The van der Waals surface area contributed by atoms with Crippen molar-refractivity contribution in [3.8, 4) is 5.75 Å². The molecule has 0 aliphatic heterocycles. The predicted octanol–water partition coefficient (Wildman–Crippen LogP) is 3.96. The number of ketones is 1. The van der Waals surface area contributed by atoms with E-state index in [0.29, 0.717) is 17.7 Å². The minimum Gasteiger partial charge on any atom is -0.484 e. The normalized spacial score (nSPS) is 11.5. The quantitative estimate of drug-likeness (QED) is 0.606. The second-order valence-electron chi connectivity index (χ2n) is 6.28. The molecule has 0 aliphatic carbocycles. The van der Waals surface area contributed by atoms with Gasteiger partial charge in [0.05, 0.1) is 6.04 Å². The minimum absolute atomic E-state index is 0.0762. The van der Waals surface area contributed by atoms with E-state index in [2.05, 4.69) is 10.3 Å². The van der Waals surface area contributed by atoms with Gasteiger partial charge in [-0.05, 0) is 47.5 Å². The van der Waals surface area contributed by atoms with Crippen LogP contribution in [0, 0.1) is 0 Å². The molecule has 5 heteroatoms. The molecule has 0 spiro atoms. The van der Waals surface area contributed by atoms with Crippen molar-refractivity contribution >= 4 is 11.7 Å². The van der Waals surface area contributed by atoms with Gasteiger partial charge in [-0.25, -0.2) is 0 Å². The van der Waals surface area contributed by atoms with Gasteiger partial charge in [0, 0.05) is 24.4 Å². The van der Waals surface area contributed by atoms with E-state index in [-0.39, 0.29) is 24.3 Å². The second kappa shape index (κ2) is 9.46. The number of nitrogens with one attached hydrogen (secondary N) is 1. The molecule has 0 fully saturated rings. The zero-order chi connectivity index (χ0) is 19.8. The van der Waals surface area contributed by atoms with Crippen LogP contribution in [-0.2, 0) is 4.79 Å². The van der Waals surface area contributed by atoms with Gasteiger partial charge >= 0.3 is 0 Å². The summed E-state index contributed by atoms with van der Waals surface area (Å²) in [4.78, 5) is 28.2. The predicted molar refractivity (Wildman–Crippen MR) is 107 cm³/mol. The lowest BCUT2D eigenvalue weighted by Crippen LogP contribution is -2.33. The second-order valence-corrected chi connectivity index (χ2v) is 6.28. The molecule has 142 valence electrons. The SMILES string of the molecule is CCC(=O)c1ccc(OCC(=O)NC(c2ccccc2)c2ccncc2)cc1. The monoisotopic (exact) mass is 374 g/mol. The van der Waals surface area contributed by atoms with Gasteiger partial charge in [0.25, 0.3) is 5.91 Å². The topological polar surface area (TPSA) is 68.3 Å². The summed E-state index contributed by atoms with van der Waals surface area (Å²) >= 11 is 0. The number of pyridine rings is 1. The Hall–Kier alpha value is -3.47. The van der Waals surface area contributed by atoms with Crippen LogP contribution in [0.2, 0.25) is 0 Å². The molecule has 1 atom stereocenters. The molecule has 1 aromatic heterocycles. The average Bonchev–Trinajstić information content (AvgIpc) is 2.77. The van der Waals surface area contributed by atoms with E-state index in [1.165, 1.54) is 0 Å². The zero-order valence-corrected chi connectivity index (χ0v) is 15.7. The first-order valence-electron chi connectivity index (χ1n) is 9.17. The molecule has 3 aromatic rings. The molecule has 3 rings (SSSR count). The van der Waals surface area contributed by atoms with Crippen molar-refractivity contribution < 1.29 is 14.3 Å². The van der Waals surface area contributed by atoms with Gasteiger partial charge < -0.3 is 10.1 Å². The molecule has 5 nitrogen and oxygen atoms in total. The minimum atomic E-state index is -0.287. The Kier molecular flexibility index (Phi) is 6.52. The molecule has 0 saturated carbocycles. The van der Waals surface area contributed by atoms with Gasteiger partial charge in [0.2, 0.25) is 0 Å². The molecule has 0 radical (unpaired) electrons.